The van der Waals surface area contributed by atoms with Gasteiger partial charge in [-0.25, -0.2) is 4.39 Å². The summed E-state index contributed by atoms with van der Waals surface area (Å²) in [7, 11) is 2.01. The summed E-state index contributed by atoms with van der Waals surface area (Å²) in [5.74, 6) is -0.0174. The molecule has 0 fully saturated rings. The second kappa shape index (κ2) is 8.38. The van der Waals surface area contributed by atoms with E-state index in [1.807, 2.05) is 44.0 Å². The Morgan fingerprint density at radius 2 is 1.88 bits per heavy atom. The van der Waals surface area contributed by atoms with Crippen molar-refractivity contribution in [2.45, 2.75) is 25.7 Å². The summed E-state index contributed by atoms with van der Waals surface area (Å²) in [6, 6.07) is 13.1. The van der Waals surface area contributed by atoms with E-state index in [1.165, 1.54) is 11.6 Å². The van der Waals surface area contributed by atoms with Crippen molar-refractivity contribution in [2.24, 2.45) is 7.05 Å². The van der Waals surface area contributed by atoms with Crippen LogP contribution in [0.25, 0.3) is 16.5 Å². The Bertz CT molecular complexity index is 1210. The van der Waals surface area contributed by atoms with Crippen LogP contribution in [0.4, 0.5) is 10.1 Å². The van der Waals surface area contributed by atoms with E-state index in [0.29, 0.717) is 6.54 Å². The van der Waals surface area contributed by atoms with Gasteiger partial charge in [0.15, 0.2) is 0 Å². The summed E-state index contributed by atoms with van der Waals surface area (Å²) < 4.78 is 15.9. The number of para-hydroxylation sites is 1. The number of carbonyl (C=O) groups excluding carboxylic acids is 1. The average Bonchev–Trinajstić information content (AvgIpc) is 3.19. The third kappa shape index (κ3) is 3.63. The number of benzene rings is 2. The third-order valence-electron chi connectivity index (χ3n) is 6.88. The van der Waals surface area contributed by atoms with Gasteiger partial charge in [0.2, 0.25) is 5.91 Å². The summed E-state index contributed by atoms with van der Waals surface area (Å²) in [4.78, 5) is 17.3. The first-order valence-electron chi connectivity index (χ1n) is 10.9. The number of anilines is 1. The lowest BCUT2D eigenvalue weighted by molar-refractivity contribution is -0.122. The highest BCUT2D eigenvalue weighted by Gasteiger charge is 2.43. The summed E-state index contributed by atoms with van der Waals surface area (Å²) in [6.07, 6.45) is 5.28. The fourth-order valence-electron chi connectivity index (χ4n) is 5.04. The first-order chi connectivity index (χ1) is 14.9. The lowest BCUT2D eigenvalue weighted by Crippen LogP contribution is -2.42. The minimum atomic E-state index is -0.463. The van der Waals surface area contributed by atoms with E-state index < -0.39 is 5.41 Å². The molecule has 0 radical (unpaired) electrons. The van der Waals surface area contributed by atoms with Crippen molar-refractivity contribution in [3.63, 3.8) is 0 Å². The molecule has 0 atom stereocenters. The maximum Gasteiger partial charge on any atom is 0.237 e. The molecule has 0 aliphatic carbocycles. The molecule has 2 aliphatic rings. The molecule has 0 bridgehead atoms. The number of hydrogen-bond acceptors (Lipinski definition) is 2. The van der Waals surface area contributed by atoms with Gasteiger partial charge in [0.1, 0.15) is 5.82 Å². The van der Waals surface area contributed by atoms with E-state index in [9.17, 15) is 9.18 Å². The lowest BCUT2D eigenvalue weighted by Gasteiger charge is -2.29. The maximum atomic E-state index is 13.8. The molecule has 168 valence electrons. The summed E-state index contributed by atoms with van der Waals surface area (Å²) in [5, 5.41) is 0.976. The van der Waals surface area contributed by atoms with Crippen LogP contribution in [0.5, 0.6) is 0 Å². The van der Waals surface area contributed by atoms with Crippen LogP contribution < -0.4 is 4.90 Å². The predicted molar refractivity (Wildman–Crippen MR) is 131 cm³/mol. The van der Waals surface area contributed by atoms with Gasteiger partial charge in [-0.15, -0.1) is 12.4 Å². The maximum absolute atomic E-state index is 13.8. The zero-order valence-corrected chi connectivity index (χ0v) is 19.6. The molecule has 0 saturated carbocycles. The fourth-order valence-corrected chi connectivity index (χ4v) is 5.04. The minimum absolute atomic E-state index is 0. The van der Waals surface area contributed by atoms with Crippen LogP contribution in [0.1, 0.15) is 31.4 Å². The molecule has 0 N–H and O–H groups in total. The second-order valence-electron chi connectivity index (χ2n) is 9.19. The Balaban J connectivity index is 0.00000245. The van der Waals surface area contributed by atoms with Crippen LogP contribution >= 0.6 is 12.4 Å². The third-order valence-corrected chi connectivity index (χ3v) is 6.88. The van der Waals surface area contributed by atoms with Gasteiger partial charge in [-0.3, -0.25) is 9.69 Å². The Labute approximate surface area is 194 Å². The number of aryl methyl sites for hydroxylation is 1. The smallest absolute Gasteiger partial charge is 0.237 e. The van der Waals surface area contributed by atoms with Gasteiger partial charge in [0.05, 0.1) is 5.41 Å². The molecule has 1 aromatic heterocycles. The monoisotopic (exact) mass is 453 g/mol. The zero-order valence-electron chi connectivity index (χ0n) is 18.8. The van der Waals surface area contributed by atoms with Crippen molar-refractivity contribution in [1.29, 1.82) is 0 Å². The molecule has 0 unspecified atom stereocenters. The van der Waals surface area contributed by atoms with Crippen molar-refractivity contribution < 1.29 is 9.18 Å². The van der Waals surface area contributed by atoms with Crippen LogP contribution in [0.2, 0.25) is 0 Å². The molecular weight excluding hydrogens is 425 g/mol. The van der Waals surface area contributed by atoms with Crippen LogP contribution in [0, 0.1) is 5.82 Å². The van der Waals surface area contributed by atoms with Crippen LogP contribution in [0.15, 0.2) is 54.7 Å². The second-order valence-corrected chi connectivity index (χ2v) is 9.19. The molecule has 0 saturated heterocycles. The highest BCUT2D eigenvalue weighted by atomic mass is 35.5. The number of nitrogens with zero attached hydrogens (tertiary/aromatic N) is 3. The highest BCUT2D eigenvalue weighted by molar-refractivity contribution is 6.07. The van der Waals surface area contributed by atoms with Crippen molar-refractivity contribution >= 4 is 40.5 Å². The summed E-state index contributed by atoms with van der Waals surface area (Å²) in [6.45, 7) is 7.33. The summed E-state index contributed by atoms with van der Waals surface area (Å²) in [5.41, 5.74) is 5.15. The van der Waals surface area contributed by atoms with E-state index in [1.54, 1.807) is 6.07 Å². The number of amides is 1. The van der Waals surface area contributed by atoms with E-state index in [0.717, 1.165) is 53.8 Å². The average molecular weight is 454 g/mol. The van der Waals surface area contributed by atoms with Crippen LogP contribution in [-0.4, -0.2) is 41.6 Å². The van der Waals surface area contributed by atoms with Gasteiger partial charge in [0, 0.05) is 61.6 Å². The SMILES string of the molecule is Cl.Cn1cc(C2=CCN(CCN3C(=O)C(C)(C)c4ccccc43)CC2)c2cc(F)ccc21. The van der Waals surface area contributed by atoms with Gasteiger partial charge in [0.25, 0.3) is 0 Å². The topological polar surface area (TPSA) is 28.5 Å². The van der Waals surface area contributed by atoms with Gasteiger partial charge in [-0.1, -0.05) is 24.3 Å². The van der Waals surface area contributed by atoms with Crippen LogP contribution in [-0.2, 0) is 17.3 Å². The number of halogens is 2. The van der Waals surface area contributed by atoms with Crippen molar-refractivity contribution in [3.05, 3.63) is 71.7 Å². The highest BCUT2D eigenvalue weighted by Crippen LogP contribution is 2.41. The number of carbonyl (C=O) groups is 1. The predicted octanol–water partition coefficient (Wildman–Crippen LogP) is 5.15. The number of hydrogen-bond donors (Lipinski definition) is 0. The van der Waals surface area contributed by atoms with E-state index in [4.69, 9.17) is 0 Å². The zero-order chi connectivity index (χ0) is 21.8. The number of aromatic nitrogens is 1. The molecule has 3 heterocycles. The Kier molecular flexibility index (Phi) is 5.91. The molecule has 6 heteroatoms. The normalized spacial score (nSPS) is 17.9. The van der Waals surface area contributed by atoms with Gasteiger partial charge < -0.3 is 9.47 Å². The van der Waals surface area contributed by atoms with Crippen molar-refractivity contribution in [1.82, 2.24) is 9.47 Å². The number of rotatable bonds is 4. The summed E-state index contributed by atoms with van der Waals surface area (Å²) >= 11 is 0. The molecule has 4 nitrogen and oxygen atoms in total. The van der Waals surface area contributed by atoms with Crippen molar-refractivity contribution in [3.8, 4) is 0 Å². The van der Waals surface area contributed by atoms with E-state index in [-0.39, 0.29) is 24.1 Å². The van der Waals surface area contributed by atoms with Gasteiger partial charge >= 0.3 is 0 Å². The van der Waals surface area contributed by atoms with Crippen molar-refractivity contribution in [2.75, 3.05) is 31.1 Å². The van der Waals surface area contributed by atoms with E-state index in [2.05, 4.69) is 33.9 Å². The Hall–Kier alpha value is -2.63. The van der Waals surface area contributed by atoms with Gasteiger partial charge in [-0.2, -0.15) is 0 Å². The Morgan fingerprint density at radius 3 is 2.62 bits per heavy atom. The molecular formula is C26H29ClFN3O. The molecule has 5 rings (SSSR count). The molecule has 2 aliphatic heterocycles. The largest absolute Gasteiger partial charge is 0.350 e. The molecule has 2 aromatic carbocycles. The van der Waals surface area contributed by atoms with Gasteiger partial charge in [-0.05, 0) is 55.7 Å². The first-order valence-corrected chi connectivity index (χ1v) is 10.9. The first kappa shape index (κ1) is 22.6. The number of fused-ring (bicyclic) bond motifs is 2. The van der Waals surface area contributed by atoms with E-state index >= 15 is 0 Å². The Morgan fingerprint density at radius 1 is 1.09 bits per heavy atom. The fraction of sp³-hybridized carbons (Fsp3) is 0.346. The lowest BCUT2D eigenvalue weighted by atomic mass is 9.86. The molecule has 32 heavy (non-hydrogen) atoms. The minimum Gasteiger partial charge on any atom is -0.350 e. The quantitative estimate of drug-likeness (QED) is 0.546. The molecule has 1 amide bonds. The standard InChI is InChI=1S/C26H28FN3O.ClH/c1-26(2)22-6-4-5-7-24(22)30(25(26)31)15-14-29-12-10-18(11-13-29)21-17-28(3)23-9-8-19(27)16-20(21)23;/h4-10,16-17H,11-15H2,1-3H3;1H. The molecule has 0 spiro atoms. The molecule has 3 aromatic rings. The van der Waals surface area contributed by atoms with Crippen LogP contribution in [0.3, 0.4) is 0 Å².